The minimum atomic E-state index is -0.815. The van der Waals surface area contributed by atoms with Gasteiger partial charge >= 0.3 is 6.09 Å². The Morgan fingerprint density at radius 2 is 1.96 bits per heavy atom. The van der Waals surface area contributed by atoms with Crippen LogP contribution in [-0.4, -0.2) is 69.8 Å². The number of carbonyl (C=O) groups is 1. The van der Waals surface area contributed by atoms with Gasteiger partial charge in [-0.25, -0.2) is 9.78 Å². The molecule has 1 aromatic heterocycles. The van der Waals surface area contributed by atoms with Gasteiger partial charge in [0.1, 0.15) is 17.6 Å². The second-order valence-corrected chi connectivity index (χ2v) is 7.04. The summed E-state index contributed by atoms with van der Waals surface area (Å²) in [6.45, 7) is 5.23. The number of nitriles is 1. The Kier molecular flexibility index (Phi) is 5.89. The molecule has 2 heterocycles. The van der Waals surface area contributed by atoms with Gasteiger partial charge in [0.25, 0.3) is 0 Å². The molecule has 8 heteroatoms. The van der Waals surface area contributed by atoms with Gasteiger partial charge in [0.05, 0.1) is 6.61 Å². The van der Waals surface area contributed by atoms with Crippen LogP contribution in [0.2, 0.25) is 0 Å². The van der Waals surface area contributed by atoms with Crippen molar-refractivity contribution in [1.82, 2.24) is 19.8 Å². The highest BCUT2D eigenvalue weighted by Gasteiger charge is 2.29. The van der Waals surface area contributed by atoms with E-state index in [0.29, 0.717) is 49.1 Å². The summed E-state index contributed by atoms with van der Waals surface area (Å²) in [7, 11) is 0. The lowest BCUT2D eigenvalue weighted by Crippen LogP contribution is -2.52. The van der Waals surface area contributed by atoms with Crippen molar-refractivity contribution in [2.24, 2.45) is 5.92 Å². The van der Waals surface area contributed by atoms with E-state index in [1.54, 1.807) is 13.0 Å². The number of aromatic nitrogens is 2. The van der Waals surface area contributed by atoms with Crippen molar-refractivity contribution in [3.05, 3.63) is 17.6 Å². The third-order valence-corrected chi connectivity index (χ3v) is 5.31. The van der Waals surface area contributed by atoms with E-state index in [1.807, 2.05) is 6.07 Å². The Bertz CT molecular complexity index is 674. The Balaban J connectivity index is 1.42. The fourth-order valence-electron chi connectivity index (χ4n) is 3.83. The van der Waals surface area contributed by atoms with Gasteiger partial charge < -0.3 is 14.7 Å². The molecule has 1 amide bonds. The minimum Gasteiger partial charge on any atom is -0.477 e. The van der Waals surface area contributed by atoms with E-state index < -0.39 is 6.09 Å². The van der Waals surface area contributed by atoms with Gasteiger partial charge in [-0.15, -0.1) is 0 Å². The second kappa shape index (κ2) is 8.32. The molecule has 2 aliphatic rings. The van der Waals surface area contributed by atoms with Gasteiger partial charge in [-0.05, 0) is 38.5 Å². The van der Waals surface area contributed by atoms with E-state index in [9.17, 15) is 4.79 Å². The highest BCUT2D eigenvalue weighted by atomic mass is 16.5. The van der Waals surface area contributed by atoms with E-state index in [-0.39, 0.29) is 0 Å². The molecular weight excluding hydrogens is 334 g/mol. The maximum Gasteiger partial charge on any atom is 0.407 e. The smallest absolute Gasteiger partial charge is 0.407 e. The van der Waals surface area contributed by atoms with Crippen molar-refractivity contribution in [2.75, 3.05) is 32.8 Å². The normalized spacial score (nSPS) is 24.1. The quantitative estimate of drug-likeness (QED) is 0.875. The monoisotopic (exact) mass is 359 g/mol. The molecule has 1 aliphatic heterocycles. The SMILES string of the molecule is Cc1nc(C#N)cc(OC[C@H]2CC[C@H](N3CCN(C(=O)O)CC3)CC2)n1. The first-order valence-electron chi connectivity index (χ1n) is 9.15. The molecule has 1 aliphatic carbocycles. The molecular formula is C18H25N5O3. The molecule has 0 atom stereocenters. The van der Waals surface area contributed by atoms with Crippen LogP contribution in [0, 0.1) is 24.2 Å². The van der Waals surface area contributed by atoms with Gasteiger partial charge in [0.2, 0.25) is 5.88 Å². The molecule has 2 fully saturated rings. The first-order valence-corrected chi connectivity index (χ1v) is 9.15. The van der Waals surface area contributed by atoms with Gasteiger partial charge in [-0.3, -0.25) is 4.90 Å². The van der Waals surface area contributed by atoms with Crippen molar-refractivity contribution in [1.29, 1.82) is 5.26 Å². The topological polar surface area (TPSA) is 103 Å². The molecule has 1 N–H and O–H groups in total. The first kappa shape index (κ1) is 18.4. The summed E-state index contributed by atoms with van der Waals surface area (Å²) >= 11 is 0. The van der Waals surface area contributed by atoms with Crippen LogP contribution in [-0.2, 0) is 0 Å². The maximum absolute atomic E-state index is 11.0. The van der Waals surface area contributed by atoms with E-state index in [4.69, 9.17) is 15.1 Å². The van der Waals surface area contributed by atoms with Crippen LogP contribution < -0.4 is 4.74 Å². The fourth-order valence-corrected chi connectivity index (χ4v) is 3.83. The fraction of sp³-hybridized carbons (Fsp3) is 0.667. The van der Waals surface area contributed by atoms with Crippen LogP contribution in [0.3, 0.4) is 0 Å². The standard InChI is InChI=1S/C18H25N5O3/c1-13-20-15(11-19)10-17(21-13)26-12-14-2-4-16(5-3-14)22-6-8-23(9-7-22)18(24)25/h10,14,16H,2-9,12H2,1H3,(H,24,25)/t14-,16-. The maximum atomic E-state index is 11.0. The number of hydrogen-bond acceptors (Lipinski definition) is 6. The summed E-state index contributed by atoms with van der Waals surface area (Å²) in [5.41, 5.74) is 0.330. The zero-order chi connectivity index (χ0) is 18.5. The summed E-state index contributed by atoms with van der Waals surface area (Å²) in [5.74, 6) is 1.51. The Hall–Kier alpha value is -2.40. The zero-order valence-electron chi connectivity index (χ0n) is 15.1. The molecule has 0 unspecified atom stereocenters. The highest BCUT2D eigenvalue weighted by molar-refractivity contribution is 5.65. The predicted octanol–water partition coefficient (Wildman–Crippen LogP) is 1.89. The highest BCUT2D eigenvalue weighted by Crippen LogP contribution is 2.28. The number of nitrogens with zero attached hydrogens (tertiary/aromatic N) is 5. The van der Waals surface area contributed by atoms with Crippen LogP contribution >= 0.6 is 0 Å². The third kappa shape index (κ3) is 4.61. The predicted molar refractivity (Wildman–Crippen MR) is 93.9 cm³/mol. The average molecular weight is 359 g/mol. The first-order chi connectivity index (χ1) is 12.5. The Morgan fingerprint density at radius 3 is 2.58 bits per heavy atom. The lowest BCUT2D eigenvalue weighted by molar-refractivity contribution is 0.0616. The number of carboxylic acid groups (broad SMARTS) is 1. The number of amides is 1. The number of rotatable bonds is 4. The van der Waals surface area contributed by atoms with Crippen LogP contribution in [0.15, 0.2) is 6.07 Å². The van der Waals surface area contributed by atoms with Crippen molar-refractivity contribution in [3.8, 4) is 11.9 Å². The lowest BCUT2D eigenvalue weighted by Gasteiger charge is -2.41. The summed E-state index contributed by atoms with van der Waals surface area (Å²) in [6.07, 6.45) is 3.61. The number of aryl methyl sites for hydroxylation is 1. The third-order valence-electron chi connectivity index (χ3n) is 5.31. The molecule has 0 bridgehead atoms. The van der Waals surface area contributed by atoms with Crippen molar-refractivity contribution in [2.45, 2.75) is 38.6 Å². The van der Waals surface area contributed by atoms with Gasteiger partial charge in [-0.1, -0.05) is 0 Å². The Morgan fingerprint density at radius 1 is 1.27 bits per heavy atom. The molecule has 140 valence electrons. The van der Waals surface area contributed by atoms with Gasteiger partial charge in [0, 0.05) is 38.3 Å². The molecule has 0 radical (unpaired) electrons. The average Bonchev–Trinajstić information content (AvgIpc) is 2.66. The molecule has 1 saturated carbocycles. The summed E-state index contributed by atoms with van der Waals surface area (Å²) < 4.78 is 5.80. The molecule has 0 spiro atoms. The number of piperazine rings is 1. The molecule has 0 aromatic carbocycles. The van der Waals surface area contributed by atoms with Crippen LogP contribution in [0.5, 0.6) is 5.88 Å². The summed E-state index contributed by atoms with van der Waals surface area (Å²) in [6, 6.07) is 4.16. The summed E-state index contributed by atoms with van der Waals surface area (Å²) in [4.78, 5) is 23.2. The molecule has 8 nitrogen and oxygen atoms in total. The Labute approximate surface area is 153 Å². The zero-order valence-corrected chi connectivity index (χ0v) is 15.1. The largest absolute Gasteiger partial charge is 0.477 e. The minimum absolute atomic E-state index is 0.330. The van der Waals surface area contributed by atoms with Crippen LogP contribution in [0.1, 0.15) is 37.2 Å². The van der Waals surface area contributed by atoms with Crippen molar-refractivity contribution < 1.29 is 14.6 Å². The van der Waals surface area contributed by atoms with Crippen LogP contribution in [0.25, 0.3) is 0 Å². The van der Waals surface area contributed by atoms with Gasteiger partial charge in [0.15, 0.2) is 0 Å². The molecule has 3 rings (SSSR count). The lowest BCUT2D eigenvalue weighted by atomic mass is 9.85. The van der Waals surface area contributed by atoms with Crippen molar-refractivity contribution >= 4 is 6.09 Å². The number of ether oxygens (including phenoxy) is 1. The van der Waals surface area contributed by atoms with E-state index >= 15 is 0 Å². The van der Waals surface area contributed by atoms with E-state index in [1.165, 1.54) is 4.90 Å². The second-order valence-electron chi connectivity index (χ2n) is 7.04. The molecule has 1 saturated heterocycles. The molecule has 26 heavy (non-hydrogen) atoms. The van der Waals surface area contributed by atoms with Gasteiger partial charge in [-0.2, -0.15) is 10.2 Å². The van der Waals surface area contributed by atoms with Crippen LogP contribution in [0.4, 0.5) is 4.79 Å². The molecule has 1 aromatic rings. The number of hydrogen-bond donors (Lipinski definition) is 1. The summed E-state index contributed by atoms with van der Waals surface area (Å²) in [5, 5.41) is 18.0. The van der Waals surface area contributed by atoms with E-state index in [0.717, 1.165) is 38.8 Å². The van der Waals surface area contributed by atoms with Crippen molar-refractivity contribution in [3.63, 3.8) is 0 Å². The van der Waals surface area contributed by atoms with E-state index in [2.05, 4.69) is 14.9 Å².